The minimum Gasteiger partial charge on any atom is -0.391 e. The van der Waals surface area contributed by atoms with Crippen LogP contribution in [0.5, 0.6) is 0 Å². The fourth-order valence-electron chi connectivity index (χ4n) is 1.57. The Morgan fingerprint density at radius 2 is 1.80 bits per heavy atom. The van der Waals surface area contributed by atoms with Crippen LogP contribution in [0.1, 0.15) is 41.0 Å². The van der Waals surface area contributed by atoms with E-state index in [0.29, 0.717) is 13.0 Å². The number of aliphatic hydroxyl groups excluding tert-OH is 1. The Morgan fingerprint density at radius 3 is 2.13 bits per heavy atom. The van der Waals surface area contributed by atoms with Crippen molar-refractivity contribution in [2.75, 3.05) is 6.61 Å². The highest BCUT2D eigenvalue weighted by molar-refractivity contribution is 5.78. The molecule has 0 aliphatic carbocycles. The fraction of sp³-hybridized carbons (Fsp3) is 0.917. The number of hydrogen-bond donors (Lipinski definition) is 1. The third kappa shape index (κ3) is 6.63. The van der Waals surface area contributed by atoms with E-state index in [1.807, 2.05) is 27.7 Å². The predicted octanol–water partition coefficient (Wildman–Crippen LogP) is 2.02. The van der Waals surface area contributed by atoms with E-state index in [0.717, 1.165) is 0 Å². The number of ether oxygens (including phenoxy) is 1. The second-order valence-electron chi connectivity index (χ2n) is 4.73. The molecule has 1 N–H and O–H groups in total. The Kier molecular flexibility index (Phi) is 6.77. The lowest BCUT2D eigenvalue weighted by Gasteiger charge is -2.21. The second-order valence-corrected chi connectivity index (χ2v) is 4.73. The quantitative estimate of drug-likeness (QED) is 0.708. The molecule has 0 bridgehead atoms. The molecule has 0 heterocycles. The van der Waals surface area contributed by atoms with E-state index < -0.39 is 6.10 Å². The average Bonchev–Trinajstić information content (AvgIpc) is 2.09. The van der Waals surface area contributed by atoms with E-state index in [1.165, 1.54) is 0 Å². The standard InChI is InChI=1S/C12H24O3/c1-8(2)12(10(5)13)6-11(14)7-15-9(3)4/h8-9,11-12,14H,6-7H2,1-5H3. The van der Waals surface area contributed by atoms with Crippen molar-refractivity contribution in [3.8, 4) is 0 Å². The number of rotatable bonds is 7. The van der Waals surface area contributed by atoms with Crippen LogP contribution in [0, 0.1) is 11.8 Å². The molecule has 0 fully saturated rings. The third-order valence-corrected chi connectivity index (χ3v) is 2.47. The van der Waals surface area contributed by atoms with Crippen LogP contribution in [0.15, 0.2) is 0 Å². The van der Waals surface area contributed by atoms with Gasteiger partial charge in [0.2, 0.25) is 0 Å². The van der Waals surface area contributed by atoms with Crippen molar-refractivity contribution in [1.29, 1.82) is 0 Å². The molecule has 0 saturated heterocycles. The monoisotopic (exact) mass is 216 g/mol. The highest BCUT2D eigenvalue weighted by Crippen LogP contribution is 2.18. The molecule has 90 valence electrons. The molecule has 3 nitrogen and oxygen atoms in total. The van der Waals surface area contributed by atoms with Crippen molar-refractivity contribution in [2.24, 2.45) is 11.8 Å². The number of hydrogen-bond acceptors (Lipinski definition) is 3. The summed E-state index contributed by atoms with van der Waals surface area (Å²) in [5.41, 5.74) is 0. The second kappa shape index (κ2) is 6.96. The molecule has 0 aromatic carbocycles. The fourth-order valence-corrected chi connectivity index (χ4v) is 1.57. The maximum Gasteiger partial charge on any atom is 0.133 e. The molecule has 0 rings (SSSR count). The van der Waals surface area contributed by atoms with Crippen LogP contribution in [0.25, 0.3) is 0 Å². The molecular formula is C12H24O3. The van der Waals surface area contributed by atoms with Gasteiger partial charge in [-0.1, -0.05) is 13.8 Å². The Bertz CT molecular complexity index is 187. The third-order valence-electron chi connectivity index (χ3n) is 2.47. The summed E-state index contributed by atoms with van der Waals surface area (Å²) in [5, 5.41) is 9.69. The van der Waals surface area contributed by atoms with Gasteiger partial charge in [-0.05, 0) is 33.1 Å². The van der Waals surface area contributed by atoms with E-state index in [4.69, 9.17) is 4.74 Å². The molecule has 0 spiro atoms. The van der Waals surface area contributed by atoms with Crippen LogP contribution in [-0.4, -0.2) is 29.7 Å². The summed E-state index contributed by atoms with van der Waals surface area (Å²) < 4.78 is 5.30. The average molecular weight is 216 g/mol. The lowest BCUT2D eigenvalue weighted by molar-refractivity contribution is -0.123. The van der Waals surface area contributed by atoms with Crippen molar-refractivity contribution in [3.63, 3.8) is 0 Å². The first-order valence-electron chi connectivity index (χ1n) is 5.64. The van der Waals surface area contributed by atoms with Gasteiger partial charge in [0.05, 0.1) is 18.8 Å². The van der Waals surface area contributed by atoms with Gasteiger partial charge >= 0.3 is 0 Å². The summed E-state index contributed by atoms with van der Waals surface area (Å²) >= 11 is 0. The first kappa shape index (κ1) is 14.6. The molecule has 0 saturated carbocycles. The van der Waals surface area contributed by atoms with E-state index >= 15 is 0 Å². The van der Waals surface area contributed by atoms with E-state index in [-0.39, 0.29) is 23.7 Å². The topological polar surface area (TPSA) is 46.5 Å². The summed E-state index contributed by atoms with van der Waals surface area (Å²) in [7, 11) is 0. The number of carbonyl (C=O) groups is 1. The SMILES string of the molecule is CC(=O)C(CC(O)COC(C)C)C(C)C. The van der Waals surface area contributed by atoms with Crippen molar-refractivity contribution >= 4 is 5.78 Å². The highest BCUT2D eigenvalue weighted by atomic mass is 16.5. The maximum atomic E-state index is 11.3. The molecule has 0 aromatic rings. The van der Waals surface area contributed by atoms with Crippen molar-refractivity contribution in [1.82, 2.24) is 0 Å². The van der Waals surface area contributed by atoms with Gasteiger partial charge in [-0.25, -0.2) is 0 Å². The van der Waals surface area contributed by atoms with Gasteiger partial charge in [-0.15, -0.1) is 0 Å². The Hall–Kier alpha value is -0.410. The van der Waals surface area contributed by atoms with Gasteiger partial charge in [-0.2, -0.15) is 0 Å². The number of ketones is 1. The lowest BCUT2D eigenvalue weighted by atomic mass is 9.87. The Balaban J connectivity index is 4.00. The van der Waals surface area contributed by atoms with Crippen molar-refractivity contribution in [2.45, 2.75) is 53.2 Å². The van der Waals surface area contributed by atoms with Gasteiger partial charge in [0.1, 0.15) is 5.78 Å². The minimum absolute atomic E-state index is 0.0595. The van der Waals surface area contributed by atoms with E-state index in [9.17, 15) is 9.90 Å². The first-order valence-corrected chi connectivity index (χ1v) is 5.64. The van der Waals surface area contributed by atoms with Crippen LogP contribution in [0.2, 0.25) is 0 Å². The Labute approximate surface area is 92.8 Å². The summed E-state index contributed by atoms with van der Waals surface area (Å²) in [6, 6.07) is 0. The molecule has 0 aromatic heterocycles. The molecular weight excluding hydrogens is 192 g/mol. The molecule has 0 radical (unpaired) electrons. The van der Waals surface area contributed by atoms with Crippen LogP contribution < -0.4 is 0 Å². The molecule has 2 unspecified atom stereocenters. The zero-order chi connectivity index (χ0) is 12.0. The predicted molar refractivity (Wildman–Crippen MR) is 60.7 cm³/mol. The zero-order valence-corrected chi connectivity index (χ0v) is 10.5. The van der Waals surface area contributed by atoms with Crippen LogP contribution >= 0.6 is 0 Å². The molecule has 2 atom stereocenters. The van der Waals surface area contributed by atoms with Crippen LogP contribution in [0.4, 0.5) is 0 Å². The van der Waals surface area contributed by atoms with E-state index in [2.05, 4.69) is 0 Å². The molecule has 3 heteroatoms. The van der Waals surface area contributed by atoms with E-state index in [1.54, 1.807) is 6.92 Å². The summed E-state index contributed by atoms with van der Waals surface area (Å²) in [5.74, 6) is 0.362. The zero-order valence-electron chi connectivity index (χ0n) is 10.5. The number of carbonyl (C=O) groups excluding carboxylic acids is 1. The van der Waals surface area contributed by atoms with Gasteiger partial charge in [-0.3, -0.25) is 4.79 Å². The molecule has 0 amide bonds. The maximum absolute atomic E-state index is 11.3. The summed E-state index contributed by atoms with van der Waals surface area (Å²) in [4.78, 5) is 11.3. The van der Waals surface area contributed by atoms with Crippen LogP contribution in [-0.2, 0) is 9.53 Å². The minimum atomic E-state index is -0.538. The molecule has 0 aliphatic rings. The molecule has 15 heavy (non-hydrogen) atoms. The molecule has 0 aliphatic heterocycles. The lowest BCUT2D eigenvalue weighted by Crippen LogP contribution is -2.27. The largest absolute Gasteiger partial charge is 0.391 e. The van der Waals surface area contributed by atoms with Gasteiger partial charge in [0, 0.05) is 5.92 Å². The smallest absolute Gasteiger partial charge is 0.133 e. The van der Waals surface area contributed by atoms with Gasteiger partial charge in [0.15, 0.2) is 0 Å². The Morgan fingerprint density at radius 1 is 1.27 bits per heavy atom. The number of Topliss-reactive ketones (excluding diaryl/α,β-unsaturated/α-hetero) is 1. The van der Waals surface area contributed by atoms with Crippen molar-refractivity contribution in [3.05, 3.63) is 0 Å². The van der Waals surface area contributed by atoms with Crippen molar-refractivity contribution < 1.29 is 14.6 Å². The van der Waals surface area contributed by atoms with Gasteiger partial charge < -0.3 is 9.84 Å². The van der Waals surface area contributed by atoms with Gasteiger partial charge in [0.25, 0.3) is 0 Å². The first-order chi connectivity index (χ1) is 6.84. The highest BCUT2D eigenvalue weighted by Gasteiger charge is 2.22. The normalized spacial score (nSPS) is 15.7. The summed E-state index contributed by atoms with van der Waals surface area (Å²) in [6.07, 6.45) is 0.0814. The number of aliphatic hydroxyl groups is 1. The summed E-state index contributed by atoms with van der Waals surface area (Å²) in [6.45, 7) is 9.76. The van der Waals surface area contributed by atoms with Crippen LogP contribution in [0.3, 0.4) is 0 Å².